The first kappa shape index (κ1) is 72.5. The van der Waals surface area contributed by atoms with Crippen LogP contribution < -0.4 is 5.32 Å². The number of aryl methyl sites for hydroxylation is 1. The second-order valence-corrected chi connectivity index (χ2v) is 22.0. The summed E-state index contributed by atoms with van der Waals surface area (Å²) in [5.41, 5.74) is 3.75. The van der Waals surface area contributed by atoms with Crippen LogP contribution in [0.4, 0.5) is 48.7 Å². The smallest absolute Gasteiger partial charge is 0.410 e. The van der Waals surface area contributed by atoms with Crippen molar-refractivity contribution in [1.29, 1.82) is 5.26 Å². The monoisotopic (exact) mass is 1330 g/mol. The minimum absolute atomic E-state index is 0.00116. The molecule has 2 N–H and O–H groups in total. The van der Waals surface area contributed by atoms with E-state index in [9.17, 15) is 72.7 Å². The summed E-state index contributed by atoms with van der Waals surface area (Å²) in [7, 11) is 0. The number of alkyl halides is 8. The van der Waals surface area contributed by atoms with Gasteiger partial charge in [-0.15, -0.1) is 0 Å². The number of para-hydroxylation sites is 2. The molecule has 0 spiro atoms. The zero-order chi connectivity index (χ0) is 67.3. The molecule has 27 heteroatoms. The lowest BCUT2D eigenvalue weighted by Gasteiger charge is -2.24. The van der Waals surface area contributed by atoms with Gasteiger partial charge in [-0.1, -0.05) is 114 Å². The number of carboxylic acid groups (broad SMARTS) is 1. The lowest BCUT2D eigenvalue weighted by Crippen LogP contribution is -2.45. The van der Waals surface area contributed by atoms with E-state index in [2.05, 4.69) is 10.3 Å². The van der Waals surface area contributed by atoms with Gasteiger partial charge in [0.25, 0.3) is 0 Å². The number of ether oxygens (including phenoxy) is 1. The van der Waals surface area contributed by atoms with Gasteiger partial charge in [-0.3, -0.25) is 29.0 Å². The van der Waals surface area contributed by atoms with Gasteiger partial charge in [0, 0.05) is 76.6 Å². The first-order valence-corrected chi connectivity index (χ1v) is 29.3. The van der Waals surface area contributed by atoms with E-state index >= 15 is 0 Å². The second kappa shape index (κ2) is 34.7. The summed E-state index contributed by atoms with van der Waals surface area (Å²) in [6.07, 6.45) is -9.53. The summed E-state index contributed by atoms with van der Waals surface area (Å²) in [6.45, 7) is 1.94. The number of benzene rings is 5. The molecule has 92 heavy (non-hydrogen) atoms. The van der Waals surface area contributed by atoms with Crippen molar-refractivity contribution in [3.63, 3.8) is 0 Å². The van der Waals surface area contributed by atoms with Crippen LogP contribution in [0, 0.1) is 23.0 Å². The number of nitrogens with one attached hydrogen (secondary N) is 1. The number of hydrogen-bond donors (Lipinski definition) is 2. The van der Waals surface area contributed by atoms with E-state index < -0.39 is 97.3 Å². The summed E-state index contributed by atoms with van der Waals surface area (Å²) in [5, 5.41) is 21.0. The average molecular weight is 1330 g/mol. The molecule has 2 aromatic heterocycles. The molecule has 0 aliphatic carbocycles. The molecule has 0 unspecified atom stereocenters. The number of nitriles is 1. The molecule has 3 fully saturated rings. The number of carbonyl (C=O) groups excluding carboxylic acids is 5. The molecule has 9 atom stereocenters. The topological polar surface area (TPSA) is 196 Å². The van der Waals surface area contributed by atoms with Crippen LogP contribution >= 0.6 is 23.2 Å². The Morgan fingerprint density at radius 2 is 1.15 bits per heavy atom. The molecule has 15 nitrogen and oxygen atoms in total. The number of Topliss-reactive ketones (excluding diaryl/α,β-unsaturated/α-hetero) is 3. The Morgan fingerprint density at radius 1 is 0.641 bits per heavy atom. The van der Waals surface area contributed by atoms with E-state index in [-0.39, 0.29) is 98.9 Å². The maximum atomic E-state index is 14.7. The van der Waals surface area contributed by atoms with Crippen molar-refractivity contribution in [1.82, 2.24) is 24.3 Å². The number of ketones is 3. The highest BCUT2D eigenvalue weighted by Gasteiger charge is 2.48. The van der Waals surface area contributed by atoms with Gasteiger partial charge in [0.15, 0.2) is 54.4 Å². The molecule has 3 saturated heterocycles. The number of nitrogens with zero attached hydrogens (tertiary/aromatic N) is 6. The van der Waals surface area contributed by atoms with Gasteiger partial charge in [-0.05, 0) is 55.7 Å². The molecule has 0 radical (unpaired) electrons. The number of aromatic nitrogens is 2. The summed E-state index contributed by atoms with van der Waals surface area (Å²) in [5.74, 6) is -3.66. The van der Waals surface area contributed by atoms with Gasteiger partial charge in [0.2, 0.25) is 5.91 Å². The molecule has 0 saturated carbocycles. The average Bonchev–Trinajstić information content (AvgIpc) is 1.66. The fraction of sp³-hybridized carbons (Fsp3) is 0.354. The summed E-state index contributed by atoms with van der Waals surface area (Å²) in [4.78, 5) is 76.8. The summed E-state index contributed by atoms with van der Waals surface area (Å²) in [6, 6.07) is 32.7. The Bertz CT molecular complexity index is 3750. The zero-order valence-corrected chi connectivity index (χ0v) is 50.9. The van der Waals surface area contributed by atoms with Crippen LogP contribution in [0.3, 0.4) is 0 Å². The number of rotatable bonds is 13. The molecule has 4 aliphatic heterocycles. The third-order valence-corrected chi connectivity index (χ3v) is 15.1. The SMILES string of the molecule is CC(=O)c1cn(CC(=O)N2C[C@H](F)[C@@H](F)[C@H]2C(=O)CCc2cccc(Cl)c2F)c2ccccc12.CC(=O)c1cn(CC(=O)O)c2ccccc12.F[C@H]1C=NC[C@@H]1F.F[C@H]1CNC[C@@H]1F.N#CCc1cccc(Cl)c1F.O=C(OCc1ccccc1)N1C[C@H](F)[C@@H](F)C1. The minimum Gasteiger partial charge on any atom is -0.480 e. The standard InChI is InChI=1S/C25H22ClF3N2O3.C12H13F2NO2.C12H11NO3.C8H5ClFN.C4H7F2N.C4H5F2N/c1-14(32)17-11-30(20-8-3-2-6-16(17)20)13-22(34)31-12-19(27)24(29)25(31)21(33)10-9-15-5-4-7-18(26)23(15)28;13-10-6-15(7-11(10)14)12(16)17-8-9-4-2-1-3-5-9;1-8(14)10-6-13(7-12(15)16)11-5-3-2-4-9(10)11;9-7-3-1-2-6(4-5-11)8(7)10;2*5-3-1-7-2-4(3)6/h2-8,11,19,24-25H,9-10,12-13H2,1H3;1-5,10-11H,6-8H2;2-6H,7H2,1H3,(H,15,16);1-3H,4H2;3-4,7H,1-2H2;1,3-4H,2H2/t19-,24+,25+;10-,11-;;;2*3-,4-/m00..00/s1. The molecule has 2 amide bonds. The molecule has 7 aromatic rings. The second-order valence-electron chi connectivity index (χ2n) is 21.2. The van der Waals surface area contributed by atoms with Crippen LogP contribution in [-0.2, 0) is 51.7 Å². The molecule has 6 heterocycles. The van der Waals surface area contributed by atoms with Crippen LogP contribution in [0.5, 0.6) is 0 Å². The number of carbonyl (C=O) groups is 6. The van der Waals surface area contributed by atoms with Crippen molar-refractivity contribution in [2.45, 2.75) is 108 Å². The maximum absolute atomic E-state index is 14.7. The first-order valence-electron chi connectivity index (χ1n) is 28.5. The van der Waals surface area contributed by atoms with Crippen molar-refractivity contribution in [3.05, 3.63) is 177 Å². The fourth-order valence-electron chi connectivity index (χ4n) is 9.75. The highest BCUT2D eigenvalue weighted by Crippen LogP contribution is 2.30. The first-order chi connectivity index (χ1) is 43.8. The van der Waals surface area contributed by atoms with E-state index in [4.69, 9.17) is 38.3 Å². The zero-order valence-electron chi connectivity index (χ0n) is 49.4. The van der Waals surface area contributed by atoms with Crippen LogP contribution in [0.25, 0.3) is 21.8 Å². The van der Waals surface area contributed by atoms with Gasteiger partial charge in [0.05, 0.1) is 48.7 Å². The number of likely N-dealkylation sites (tertiary alicyclic amines) is 2. The lowest BCUT2D eigenvalue weighted by molar-refractivity contribution is -0.139. The van der Waals surface area contributed by atoms with Crippen LogP contribution in [0.1, 0.15) is 57.7 Å². The number of halogens is 12. The molecular weight excluding hydrogens is 1270 g/mol. The van der Waals surface area contributed by atoms with E-state index in [1.165, 1.54) is 48.9 Å². The van der Waals surface area contributed by atoms with E-state index in [1.807, 2.05) is 60.7 Å². The van der Waals surface area contributed by atoms with Crippen molar-refractivity contribution in [2.24, 2.45) is 4.99 Å². The Morgan fingerprint density at radius 3 is 1.62 bits per heavy atom. The number of fused-ring (bicyclic) bond motifs is 2. The Hall–Kier alpha value is -8.60. The Labute approximate surface area is 532 Å². The van der Waals surface area contributed by atoms with Gasteiger partial charge in [0.1, 0.15) is 49.7 Å². The number of aliphatic imine (C=N–C) groups is 1. The predicted molar refractivity (Wildman–Crippen MR) is 326 cm³/mol. The van der Waals surface area contributed by atoms with Gasteiger partial charge in [-0.25, -0.2) is 48.7 Å². The predicted octanol–water partition coefficient (Wildman–Crippen LogP) is 12.5. The van der Waals surface area contributed by atoms with Crippen molar-refractivity contribution >= 4 is 86.5 Å². The molecule has 0 bridgehead atoms. The third-order valence-electron chi connectivity index (χ3n) is 14.5. The summed E-state index contributed by atoms with van der Waals surface area (Å²) < 4.78 is 137. The van der Waals surface area contributed by atoms with Gasteiger partial charge in [-0.2, -0.15) is 5.26 Å². The van der Waals surface area contributed by atoms with E-state index in [1.54, 1.807) is 47.2 Å². The lowest BCUT2D eigenvalue weighted by atomic mass is 10.00. The highest BCUT2D eigenvalue weighted by atomic mass is 35.5. The highest BCUT2D eigenvalue weighted by molar-refractivity contribution is 6.31. The van der Waals surface area contributed by atoms with Crippen LogP contribution in [0.2, 0.25) is 10.0 Å². The number of amides is 2. The maximum Gasteiger partial charge on any atom is 0.410 e. The van der Waals surface area contributed by atoms with Crippen LogP contribution in [-0.4, -0.2) is 160 Å². The van der Waals surface area contributed by atoms with Gasteiger partial charge >= 0.3 is 12.1 Å². The normalized spacial score (nSPS) is 21.0. The summed E-state index contributed by atoms with van der Waals surface area (Å²) >= 11 is 11.2. The molecular formula is C65H63Cl2F10N7O8. The molecule has 4 aliphatic rings. The van der Waals surface area contributed by atoms with E-state index in [0.29, 0.717) is 27.6 Å². The van der Waals surface area contributed by atoms with E-state index in [0.717, 1.165) is 32.5 Å². The molecule has 11 rings (SSSR count). The number of carboxylic acids is 1. The quantitative estimate of drug-likeness (QED) is 0.0828. The van der Waals surface area contributed by atoms with Crippen molar-refractivity contribution in [2.75, 3.05) is 39.3 Å². The number of hydrogen-bond acceptors (Lipinski definition) is 10. The molecule has 5 aromatic carbocycles. The Kier molecular flexibility index (Phi) is 27.3. The minimum atomic E-state index is -2.17. The largest absolute Gasteiger partial charge is 0.480 e. The molecule has 490 valence electrons. The van der Waals surface area contributed by atoms with Crippen LogP contribution in [0.15, 0.2) is 133 Å². The van der Waals surface area contributed by atoms with Gasteiger partial charge < -0.3 is 34.1 Å². The Balaban J connectivity index is 0.000000194. The number of aliphatic carboxylic acids is 1. The fourth-order valence-corrected chi connectivity index (χ4v) is 10.1. The third kappa shape index (κ3) is 20.0. The van der Waals surface area contributed by atoms with Crippen molar-refractivity contribution in [3.8, 4) is 6.07 Å². The van der Waals surface area contributed by atoms with Crippen molar-refractivity contribution < 1.29 is 82.5 Å².